The third-order valence-electron chi connectivity index (χ3n) is 5.05. The first-order chi connectivity index (χ1) is 11.0. The average molecular weight is 333 g/mol. The highest BCUT2D eigenvalue weighted by Gasteiger charge is 2.23. The molecule has 0 saturated carbocycles. The molecule has 1 aliphatic heterocycles. The van der Waals surface area contributed by atoms with Crippen LogP contribution >= 0.6 is 0 Å². The first-order valence-electron chi connectivity index (χ1n) is 9.75. The van der Waals surface area contributed by atoms with E-state index in [1.165, 1.54) is 68.9 Å². The van der Waals surface area contributed by atoms with Crippen molar-refractivity contribution in [1.29, 1.82) is 0 Å². The SMILES string of the molecule is CCCCCCCCCCc1cc2c(cc1[Si](C)(C)C)COC2. The van der Waals surface area contributed by atoms with Crippen LogP contribution in [0.3, 0.4) is 0 Å². The van der Waals surface area contributed by atoms with Crippen molar-refractivity contribution in [3.05, 3.63) is 28.8 Å². The van der Waals surface area contributed by atoms with Crippen molar-refractivity contribution >= 4 is 13.3 Å². The molecule has 0 atom stereocenters. The van der Waals surface area contributed by atoms with Gasteiger partial charge in [-0.05, 0) is 29.5 Å². The van der Waals surface area contributed by atoms with Crippen molar-refractivity contribution in [2.24, 2.45) is 0 Å². The molecule has 1 aromatic rings. The van der Waals surface area contributed by atoms with Crippen molar-refractivity contribution in [1.82, 2.24) is 0 Å². The van der Waals surface area contributed by atoms with Gasteiger partial charge in [-0.25, -0.2) is 0 Å². The molecule has 1 aliphatic rings. The highest BCUT2D eigenvalue weighted by molar-refractivity contribution is 6.89. The minimum atomic E-state index is -1.27. The molecular formula is C21H36OSi. The zero-order chi connectivity index (χ0) is 16.7. The quantitative estimate of drug-likeness (QED) is 0.380. The van der Waals surface area contributed by atoms with E-state index in [2.05, 4.69) is 38.7 Å². The molecule has 0 bridgehead atoms. The minimum Gasteiger partial charge on any atom is -0.372 e. The van der Waals surface area contributed by atoms with Gasteiger partial charge in [-0.3, -0.25) is 0 Å². The fourth-order valence-corrected chi connectivity index (χ4v) is 5.40. The zero-order valence-corrected chi connectivity index (χ0v) is 16.8. The van der Waals surface area contributed by atoms with Crippen LogP contribution in [-0.4, -0.2) is 8.07 Å². The molecule has 0 fully saturated rings. The maximum atomic E-state index is 5.64. The topological polar surface area (TPSA) is 9.23 Å². The van der Waals surface area contributed by atoms with E-state index in [0.29, 0.717) is 0 Å². The predicted octanol–water partition coefficient (Wildman–Crippen LogP) is 5.95. The lowest BCUT2D eigenvalue weighted by molar-refractivity contribution is 0.134. The number of fused-ring (bicyclic) bond motifs is 1. The third kappa shape index (κ3) is 5.76. The first-order valence-corrected chi connectivity index (χ1v) is 13.2. The second-order valence-electron chi connectivity index (χ2n) is 8.25. The van der Waals surface area contributed by atoms with E-state index in [9.17, 15) is 0 Å². The number of aryl methyl sites for hydroxylation is 1. The van der Waals surface area contributed by atoms with Crippen molar-refractivity contribution in [3.8, 4) is 0 Å². The summed E-state index contributed by atoms with van der Waals surface area (Å²) in [6.45, 7) is 11.4. The number of unbranched alkanes of at least 4 members (excludes halogenated alkanes) is 7. The van der Waals surface area contributed by atoms with Gasteiger partial charge < -0.3 is 4.74 Å². The molecule has 1 heterocycles. The van der Waals surface area contributed by atoms with E-state index in [4.69, 9.17) is 4.74 Å². The molecule has 1 nitrogen and oxygen atoms in total. The third-order valence-corrected chi connectivity index (χ3v) is 7.13. The number of rotatable bonds is 10. The van der Waals surface area contributed by atoms with Gasteiger partial charge in [-0.1, -0.05) is 88.8 Å². The van der Waals surface area contributed by atoms with E-state index in [1.807, 2.05) is 0 Å². The van der Waals surface area contributed by atoms with E-state index >= 15 is 0 Å². The lowest BCUT2D eigenvalue weighted by atomic mass is 10.0. The van der Waals surface area contributed by atoms with Gasteiger partial charge in [0.05, 0.1) is 21.3 Å². The van der Waals surface area contributed by atoms with Crippen molar-refractivity contribution in [2.75, 3.05) is 0 Å². The lowest BCUT2D eigenvalue weighted by Gasteiger charge is -2.22. The summed E-state index contributed by atoms with van der Waals surface area (Å²) in [4.78, 5) is 0. The van der Waals surface area contributed by atoms with E-state index in [-0.39, 0.29) is 0 Å². The van der Waals surface area contributed by atoms with Crippen LogP contribution in [-0.2, 0) is 24.4 Å². The Morgan fingerprint density at radius 3 is 2.00 bits per heavy atom. The van der Waals surface area contributed by atoms with Gasteiger partial charge >= 0.3 is 0 Å². The Kier molecular flexibility index (Phi) is 7.35. The Bertz CT molecular complexity index is 487. The maximum Gasteiger partial charge on any atom is 0.0779 e. The molecule has 0 saturated heterocycles. The van der Waals surface area contributed by atoms with Gasteiger partial charge in [-0.2, -0.15) is 0 Å². The summed E-state index contributed by atoms with van der Waals surface area (Å²) < 4.78 is 5.64. The second kappa shape index (κ2) is 9.03. The summed E-state index contributed by atoms with van der Waals surface area (Å²) in [5.74, 6) is 0. The molecule has 0 unspecified atom stereocenters. The van der Waals surface area contributed by atoms with Crippen LogP contribution < -0.4 is 5.19 Å². The smallest absolute Gasteiger partial charge is 0.0779 e. The highest BCUT2D eigenvalue weighted by Crippen LogP contribution is 2.23. The molecule has 0 aromatic heterocycles. The molecule has 0 spiro atoms. The molecule has 0 N–H and O–H groups in total. The summed E-state index contributed by atoms with van der Waals surface area (Å²) in [6.07, 6.45) is 12.5. The summed E-state index contributed by atoms with van der Waals surface area (Å²) in [6, 6.07) is 4.95. The Morgan fingerprint density at radius 1 is 0.826 bits per heavy atom. The monoisotopic (exact) mass is 332 g/mol. The molecule has 0 aliphatic carbocycles. The average Bonchev–Trinajstić information content (AvgIpc) is 2.95. The molecule has 23 heavy (non-hydrogen) atoms. The standard InChI is InChI=1S/C21H36OSi/c1-5-6-7-8-9-10-11-12-13-18-14-19-16-22-17-20(19)15-21(18)23(2,3)4/h14-15H,5-13,16-17H2,1-4H3. The second-order valence-corrected chi connectivity index (χ2v) is 13.3. The number of ether oxygens (including phenoxy) is 1. The summed E-state index contributed by atoms with van der Waals surface area (Å²) in [7, 11) is -1.27. The van der Waals surface area contributed by atoms with Crippen LogP contribution in [0.2, 0.25) is 19.6 Å². The lowest BCUT2D eigenvalue weighted by Crippen LogP contribution is -2.40. The number of benzene rings is 1. The fourth-order valence-electron chi connectivity index (χ4n) is 3.63. The normalized spacial score (nSPS) is 14.3. The highest BCUT2D eigenvalue weighted by atomic mass is 28.3. The van der Waals surface area contributed by atoms with Crippen molar-refractivity contribution < 1.29 is 4.74 Å². The number of hydrogen-bond acceptors (Lipinski definition) is 1. The van der Waals surface area contributed by atoms with Crippen LogP contribution in [0.5, 0.6) is 0 Å². The molecule has 2 heteroatoms. The number of hydrogen-bond donors (Lipinski definition) is 0. The summed E-state index contributed by atoms with van der Waals surface area (Å²) in [5.41, 5.74) is 4.52. The van der Waals surface area contributed by atoms with Crippen molar-refractivity contribution in [3.63, 3.8) is 0 Å². The molecule has 130 valence electrons. The van der Waals surface area contributed by atoms with Crippen LogP contribution in [0.1, 0.15) is 75.0 Å². The molecular weight excluding hydrogens is 296 g/mol. The summed E-state index contributed by atoms with van der Waals surface area (Å²) >= 11 is 0. The van der Waals surface area contributed by atoms with E-state index < -0.39 is 8.07 Å². The Labute approximate surface area is 144 Å². The van der Waals surface area contributed by atoms with Crippen LogP contribution in [0.15, 0.2) is 12.1 Å². The largest absolute Gasteiger partial charge is 0.372 e. The zero-order valence-electron chi connectivity index (χ0n) is 15.8. The van der Waals surface area contributed by atoms with Gasteiger partial charge in [0, 0.05) is 0 Å². The minimum absolute atomic E-state index is 0.824. The van der Waals surface area contributed by atoms with Crippen LogP contribution in [0.4, 0.5) is 0 Å². The first kappa shape index (κ1) is 18.7. The van der Waals surface area contributed by atoms with Gasteiger partial charge in [0.25, 0.3) is 0 Å². The van der Waals surface area contributed by atoms with Gasteiger partial charge in [0.2, 0.25) is 0 Å². The van der Waals surface area contributed by atoms with Crippen molar-refractivity contribution in [2.45, 2.75) is 97.6 Å². The van der Waals surface area contributed by atoms with Gasteiger partial charge in [0.15, 0.2) is 0 Å². The van der Waals surface area contributed by atoms with Gasteiger partial charge in [-0.15, -0.1) is 0 Å². The van der Waals surface area contributed by atoms with Gasteiger partial charge in [0.1, 0.15) is 0 Å². The van der Waals surface area contributed by atoms with E-state index in [1.54, 1.807) is 10.8 Å². The molecule has 2 rings (SSSR count). The fraction of sp³-hybridized carbons (Fsp3) is 0.714. The predicted molar refractivity (Wildman–Crippen MR) is 104 cm³/mol. The Balaban J connectivity index is 1.84. The maximum absolute atomic E-state index is 5.64. The molecule has 1 aromatic carbocycles. The molecule has 0 radical (unpaired) electrons. The Morgan fingerprint density at radius 2 is 1.39 bits per heavy atom. The van der Waals surface area contributed by atoms with Crippen LogP contribution in [0.25, 0.3) is 0 Å². The molecule has 0 amide bonds. The van der Waals surface area contributed by atoms with Crippen LogP contribution in [0, 0.1) is 0 Å². The van der Waals surface area contributed by atoms with E-state index in [0.717, 1.165) is 13.2 Å². The Hall–Kier alpha value is -0.603. The summed E-state index contributed by atoms with van der Waals surface area (Å²) in [5, 5.41) is 1.67.